The van der Waals surface area contributed by atoms with Gasteiger partial charge in [-0.1, -0.05) is 12.1 Å². The fraction of sp³-hybridized carbons (Fsp3) is 0.462. The molecule has 0 heterocycles. The normalized spacial score (nSPS) is 11.9. The predicted molar refractivity (Wildman–Crippen MR) is 73.8 cm³/mol. The third-order valence-electron chi connectivity index (χ3n) is 3.13. The molecule has 0 fully saturated rings. The van der Waals surface area contributed by atoms with Crippen LogP contribution in [-0.2, 0) is 6.54 Å². The first-order valence-electron chi connectivity index (χ1n) is 6.02. The Balaban J connectivity index is 2.98. The predicted octanol–water partition coefficient (Wildman–Crippen LogP) is 2.37. The number of nitriles is 1. The number of nitrogens with one attached hydrogen (secondary N) is 1. The van der Waals surface area contributed by atoms with Gasteiger partial charge < -0.3 is 5.32 Å². The maximum atomic E-state index is 11.0. The molecule has 0 radical (unpaired) electrons. The molecule has 0 spiro atoms. The molecule has 19 heavy (non-hydrogen) atoms. The summed E-state index contributed by atoms with van der Waals surface area (Å²) in [5.74, 6) is 0. The van der Waals surface area contributed by atoms with Crippen molar-refractivity contribution in [3.8, 4) is 6.07 Å². The fourth-order valence-corrected chi connectivity index (χ4v) is 1.87. The average Bonchev–Trinajstić information content (AvgIpc) is 2.38. The lowest BCUT2D eigenvalue weighted by molar-refractivity contribution is -0.384. The maximum absolute atomic E-state index is 11.0. The molecule has 1 aromatic carbocycles. The first-order chi connectivity index (χ1) is 9.01. The summed E-state index contributed by atoms with van der Waals surface area (Å²) in [6.45, 7) is 2.51. The van der Waals surface area contributed by atoms with Crippen LogP contribution in [0.25, 0.3) is 0 Å². The summed E-state index contributed by atoms with van der Waals surface area (Å²) in [6, 6.07) is 7.25. The van der Waals surface area contributed by atoms with Crippen molar-refractivity contribution < 1.29 is 4.92 Å². The van der Waals surface area contributed by atoms with Crippen molar-refractivity contribution >= 4 is 11.4 Å². The van der Waals surface area contributed by atoms with E-state index in [-0.39, 0.29) is 11.7 Å². The number of nitro groups is 1. The van der Waals surface area contributed by atoms with Crippen LogP contribution in [0.1, 0.15) is 18.9 Å². The van der Waals surface area contributed by atoms with Crippen LogP contribution in [0.3, 0.4) is 0 Å². The monoisotopic (exact) mass is 262 g/mol. The largest absolute Gasteiger partial charge is 0.382 e. The molecule has 0 amide bonds. The summed E-state index contributed by atoms with van der Waals surface area (Å²) < 4.78 is 0. The molecular weight excluding hydrogens is 244 g/mol. The van der Waals surface area contributed by atoms with Crippen LogP contribution in [0.15, 0.2) is 18.2 Å². The molecular formula is C13H18N4O2. The average molecular weight is 262 g/mol. The molecule has 0 aliphatic carbocycles. The van der Waals surface area contributed by atoms with Crippen molar-refractivity contribution in [2.75, 3.05) is 19.4 Å². The highest BCUT2D eigenvalue weighted by Gasteiger charge is 2.18. The van der Waals surface area contributed by atoms with Gasteiger partial charge in [-0.15, -0.1) is 0 Å². The Hall–Kier alpha value is -2.13. The summed E-state index contributed by atoms with van der Waals surface area (Å²) in [4.78, 5) is 12.6. The molecule has 0 bridgehead atoms. The van der Waals surface area contributed by atoms with E-state index in [4.69, 9.17) is 5.26 Å². The lowest BCUT2D eigenvalue weighted by Gasteiger charge is -2.23. The number of benzene rings is 1. The molecule has 6 nitrogen and oxygen atoms in total. The molecule has 1 aromatic rings. The second-order valence-corrected chi connectivity index (χ2v) is 4.44. The Morgan fingerprint density at radius 2 is 2.26 bits per heavy atom. The summed E-state index contributed by atoms with van der Waals surface area (Å²) in [5.41, 5.74) is 1.45. The van der Waals surface area contributed by atoms with E-state index in [1.807, 2.05) is 24.9 Å². The molecule has 0 aliphatic rings. The second-order valence-electron chi connectivity index (χ2n) is 4.44. The van der Waals surface area contributed by atoms with Gasteiger partial charge in [0.2, 0.25) is 0 Å². The van der Waals surface area contributed by atoms with E-state index >= 15 is 0 Å². The number of hydrogen-bond acceptors (Lipinski definition) is 5. The lowest BCUT2D eigenvalue weighted by Crippen LogP contribution is -2.28. The van der Waals surface area contributed by atoms with Gasteiger partial charge in [-0.3, -0.25) is 15.0 Å². The number of anilines is 1. The van der Waals surface area contributed by atoms with E-state index in [1.54, 1.807) is 13.1 Å². The second kappa shape index (κ2) is 6.71. The van der Waals surface area contributed by atoms with Gasteiger partial charge in [0.15, 0.2) is 0 Å². The maximum Gasteiger partial charge on any atom is 0.292 e. The van der Waals surface area contributed by atoms with Crippen LogP contribution in [0.5, 0.6) is 0 Å². The standard InChI is InChI=1S/C13H18N4O2/c1-10(7-8-14)16(3)9-11-5-4-6-12(17(18)19)13(11)15-2/h4-6,10,15H,7,9H2,1-3H3. The zero-order valence-electron chi connectivity index (χ0n) is 11.4. The van der Waals surface area contributed by atoms with Crippen molar-refractivity contribution in [1.82, 2.24) is 4.90 Å². The van der Waals surface area contributed by atoms with Crippen LogP contribution >= 0.6 is 0 Å². The third kappa shape index (κ3) is 3.66. The molecule has 1 atom stereocenters. The van der Waals surface area contributed by atoms with Crippen LogP contribution in [0, 0.1) is 21.4 Å². The zero-order valence-corrected chi connectivity index (χ0v) is 11.4. The van der Waals surface area contributed by atoms with Gasteiger partial charge in [-0.05, 0) is 19.5 Å². The van der Waals surface area contributed by atoms with Crippen LogP contribution in [-0.4, -0.2) is 30.0 Å². The summed E-state index contributed by atoms with van der Waals surface area (Å²) in [7, 11) is 3.57. The highest BCUT2D eigenvalue weighted by atomic mass is 16.6. The molecule has 6 heteroatoms. The highest BCUT2D eigenvalue weighted by molar-refractivity contribution is 5.66. The summed E-state index contributed by atoms with van der Waals surface area (Å²) in [6.07, 6.45) is 0.431. The summed E-state index contributed by atoms with van der Waals surface area (Å²) in [5, 5.41) is 22.5. The molecule has 102 valence electrons. The lowest BCUT2D eigenvalue weighted by atomic mass is 10.1. The summed E-state index contributed by atoms with van der Waals surface area (Å²) >= 11 is 0. The van der Waals surface area contributed by atoms with Crippen molar-refractivity contribution in [3.05, 3.63) is 33.9 Å². The van der Waals surface area contributed by atoms with E-state index < -0.39 is 4.92 Å². The first kappa shape index (κ1) is 14.9. The van der Waals surface area contributed by atoms with Gasteiger partial charge in [-0.2, -0.15) is 5.26 Å². The Bertz CT molecular complexity index is 496. The smallest absolute Gasteiger partial charge is 0.292 e. The minimum Gasteiger partial charge on any atom is -0.382 e. The SMILES string of the molecule is CNc1c(CN(C)C(C)CC#N)cccc1[N+](=O)[O-]. The molecule has 1 rings (SSSR count). The number of nitrogens with zero attached hydrogens (tertiary/aromatic N) is 3. The molecule has 0 saturated carbocycles. The topological polar surface area (TPSA) is 82.2 Å². The minimum absolute atomic E-state index is 0.0707. The Morgan fingerprint density at radius 1 is 1.58 bits per heavy atom. The van der Waals surface area contributed by atoms with Crippen LogP contribution < -0.4 is 5.32 Å². The van der Waals surface area contributed by atoms with Crippen molar-refractivity contribution in [2.45, 2.75) is 25.9 Å². The van der Waals surface area contributed by atoms with Crippen LogP contribution in [0.2, 0.25) is 0 Å². The number of hydrogen-bond donors (Lipinski definition) is 1. The quantitative estimate of drug-likeness (QED) is 0.628. The van der Waals surface area contributed by atoms with Gasteiger partial charge in [0.1, 0.15) is 5.69 Å². The van der Waals surface area contributed by atoms with Gasteiger partial charge in [0, 0.05) is 25.7 Å². The minimum atomic E-state index is -0.395. The molecule has 0 aromatic heterocycles. The number of rotatable bonds is 6. The van der Waals surface area contributed by atoms with Crippen LogP contribution in [0.4, 0.5) is 11.4 Å². The van der Waals surface area contributed by atoms with Crippen molar-refractivity contribution in [3.63, 3.8) is 0 Å². The highest BCUT2D eigenvalue weighted by Crippen LogP contribution is 2.28. The molecule has 1 N–H and O–H groups in total. The Kier molecular flexibility index (Phi) is 5.27. The van der Waals surface area contributed by atoms with Gasteiger partial charge in [0.05, 0.1) is 17.4 Å². The van der Waals surface area contributed by atoms with Gasteiger partial charge in [0.25, 0.3) is 5.69 Å². The number of nitro benzene ring substituents is 1. The van der Waals surface area contributed by atoms with E-state index in [0.29, 0.717) is 18.7 Å². The molecule has 0 aliphatic heterocycles. The van der Waals surface area contributed by atoms with Gasteiger partial charge >= 0.3 is 0 Å². The first-order valence-corrected chi connectivity index (χ1v) is 6.02. The van der Waals surface area contributed by atoms with E-state index in [9.17, 15) is 10.1 Å². The van der Waals surface area contributed by atoms with E-state index in [2.05, 4.69) is 11.4 Å². The third-order valence-corrected chi connectivity index (χ3v) is 3.13. The number of para-hydroxylation sites is 1. The molecule has 0 saturated heterocycles. The molecule has 1 unspecified atom stereocenters. The van der Waals surface area contributed by atoms with E-state index in [0.717, 1.165) is 5.56 Å². The van der Waals surface area contributed by atoms with E-state index in [1.165, 1.54) is 6.07 Å². The van der Waals surface area contributed by atoms with Crippen molar-refractivity contribution in [2.24, 2.45) is 0 Å². The Morgan fingerprint density at radius 3 is 2.79 bits per heavy atom. The Labute approximate surface area is 112 Å². The zero-order chi connectivity index (χ0) is 14.4. The van der Waals surface area contributed by atoms with Gasteiger partial charge in [-0.25, -0.2) is 0 Å². The fourth-order valence-electron chi connectivity index (χ4n) is 1.87. The van der Waals surface area contributed by atoms with Crippen molar-refractivity contribution in [1.29, 1.82) is 5.26 Å².